The number of halogens is 3. The number of hydrogen-bond donors (Lipinski definition) is 1. The molecule has 1 aromatic rings. The molecule has 0 radical (unpaired) electrons. The molecule has 0 spiro atoms. The van der Waals surface area contributed by atoms with Crippen LogP contribution in [0.5, 0.6) is 0 Å². The normalized spacial score (nSPS) is 13.1. The van der Waals surface area contributed by atoms with Crippen LogP contribution in [0.2, 0.25) is 5.02 Å². The number of nitrogens with one attached hydrogen (secondary N) is 1. The van der Waals surface area contributed by atoms with Gasteiger partial charge in [-0.3, -0.25) is 0 Å². The molecule has 1 heterocycles. The van der Waals surface area contributed by atoms with E-state index in [1.54, 1.807) is 13.8 Å². The first-order chi connectivity index (χ1) is 7.18. The lowest BCUT2D eigenvalue weighted by atomic mass is 10.1. The third-order valence-electron chi connectivity index (χ3n) is 1.63. The third kappa shape index (κ3) is 3.58. The van der Waals surface area contributed by atoms with Crippen molar-refractivity contribution in [3.05, 3.63) is 14.9 Å². The zero-order valence-electron chi connectivity index (χ0n) is 8.55. The highest BCUT2D eigenvalue weighted by molar-refractivity contribution is 9.11. The van der Waals surface area contributed by atoms with Crippen molar-refractivity contribution < 1.29 is 8.42 Å². The molecule has 92 valence electrons. The SMILES string of the molecule is CC(C)(CCl)NS(=O)(=O)c1cc(Cl)c(Br)s1. The van der Waals surface area contributed by atoms with E-state index < -0.39 is 15.6 Å². The average molecular weight is 367 g/mol. The fraction of sp³-hybridized carbons (Fsp3) is 0.500. The summed E-state index contributed by atoms with van der Waals surface area (Å²) >= 11 is 15.7. The summed E-state index contributed by atoms with van der Waals surface area (Å²) in [6.45, 7) is 3.42. The summed E-state index contributed by atoms with van der Waals surface area (Å²) in [5, 5.41) is 0.383. The van der Waals surface area contributed by atoms with Crippen LogP contribution in [-0.4, -0.2) is 19.8 Å². The molecular weight excluding hydrogens is 357 g/mol. The summed E-state index contributed by atoms with van der Waals surface area (Å²) in [5.74, 6) is 0.187. The summed E-state index contributed by atoms with van der Waals surface area (Å²) in [6.07, 6.45) is 0. The first-order valence-electron chi connectivity index (χ1n) is 4.23. The van der Waals surface area contributed by atoms with Crippen molar-refractivity contribution in [3.63, 3.8) is 0 Å². The molecular formula is C8H10BrCl2NO2S2. The van der Waals surface area contributed by atoms with E-state index in [2.05, 4.69) is 20.7 Å². The molecule has 1 aromatic heterocycles. The molecule has 1 rings (SSSR count). The molecule has 0 saturated carbocycles. The summed E-state index contributed by atoms with van der Waals surface area (Å²) in [4.78, 5) is 0. The standard InChI is InChI=1S/C8H10BrCl2NO2S2/c1-8(2,4-10)12-16(13,14)6-3-5(11)7(9)15-6/h3,12H,4H2,1-2H3. The van der Waals surface area contributed by atoms with Gasteiger partial charge in [-0.15, -0.1) is 22.9 Å². The van der Waals surface area contributed by atoms with Gasteiger partial charge in [0.25, 0.3) is 10.0 Å². The van der Waals surface area contributed by atoms with Gasteiger partial charge in [0.05, 0.1) is 8.81 Å². The largest absolute Gasteiger partial charge is 0.250 e. The minimum absolute atomic E-state index is 0.169. The van der Waals surface area contributed by atoms with E-state index in [-0.39, 0.29) is 10.1 Å². The molecule has 0 saturated heterocycles. The second-order valence-electron chi connectivity index (χ2n) is 3.81. The van der Waals surface area contributed by atoms with E-state index in [0.717, 1.165) is 11.3 Å². The maximum Gasteiger partial charge on any atom is 0.250 e. The Balaban J connectivity index is 3.04. The Morgan fingerprint density at radius 2 is 2.12 bits per heavy atom. The van der Waals surface area contributed by atoms with Gasteiger partial charge in [0.15, 0.2) is 0 Å². The molecule has 16 heavy (non-hydrogen) atoms. The molecule has 0 atom stereocenters. The fourth-order valence-corrected chi connectivity index (χ4v) is 4.86. The number of hydrogen-bond acceptors (Lipinski definition) is 3. The van der Waals surface area contributed by atoms with Crippen LogP contribution in [0.25, 0.3) is 0 Å². The Morgan fingerprint density at radius 1 is 1.56 bits per heavy atom. The number of rotatable bonds is 4. The zero-order valence-corrected chi connectivity index (χ0v) is 13.3. The Labute approximate surface area is 117 Å². The summed E-state index contributed by atoms with van der Waals surface area (Å²) in [7, 11) is -3.56. The molecule has 3 nitrogen and oxygen atoms in total. The maximum absolute atomic E-state index is 11.9. The van der Waals surface area contributed by atoms with E-state index >= 15 is 0 Å². The van der Waals surface area contributed by atoms with Gasteiger partial charge in [0.1, 0.15) is 4.21 Å². The average Bonchev–Trinajstić information content (AvgIpc) is 2.46. The van der Waals surface area contributed by atoms with Crippen LogP contribution in [0.3, 0.4) is 0 Å². The van der Waals surface area contributed by atoms with E-state index in [0.29, 0.717) is 8.81 Å². The van der Waals surface area contributed by atoms with Gasteiger partial charge in [-0.05, 0) is 35.8 Å². The molecule has 0 aliphatic rings. The van der Waals surface area contributed by atoms with Crippen LogP contribution < -0.4 is 4.72 Å². The monoisotopic (exact) mass is 365 g/mol. The smallest absolute Gasteiger partial charge is 0.206 e. The highest BCUT2D eigenvalue weighted by Crippen LogP contribution is 2.34. The number of alkyl halides is 1. The Morgan fingerprint density at radius 3 is 2.50 bits per heavy atom. The van der Waals surface area contributed by atoms with Crippen molar-refractivity contribution in [2.24, 2.45) is 0 Å². The quantitative estimate of drug-likeness (QED) is 0.829. The van der Waals surface area contributed by atoms with Crippen LogP contribution in [0.4, 0.5) is 0 Å². The Bertz CT molecular complexity index is 465. The Kier molecular flexibility index (Phi) is 4.71. The van der Waals surface area contributed by atoms with Crippen LogP contribution in [0, 0.1) is 0 Å². The lowest BCUT2D eigenvalue weighted by molar-refractivity contribution is 0.497. The van der Waals surface area contributed by atoms with Crippen LogP contribution in [0.1, 0.15) is 13.8 Å². The van der Waals surface area contributed by atoms with E-state index in [9.17, 15) is 8.42 Å². The van der Waals surface area contributed by atoms with Gasteiger partial charge in [-0.1, -0.05) is 11.6 Å². The van der Waals surface area contributed by atoms with Gasteiger partial charge in [0, 0.05) is 11.4 Å². The fourth-order valence-electron chi connectivity index (χ4n) is 0.900. The predicted octanol–water partition coefficient (Wildman–Crippen LogP) is 3.46. The van der Waals surface area contributed by atoms with Crippen LogP contribution in [0.15, 0.2) is 14.1 Å². The van der Waals surface area contributed by atoms with Gasteiger partial charge >= 0.3 is 0 Å². The third-order valence-corrected chi connectivity index (χ3v) is 6.95. The highest BCUT2D eigenvalue weighted by atomic mass is 79.9. The van der Waals surface area contributed by atoms with E-state index in [1.807, 2.05) is 0 Å². The van der Waals surface area contributed by atoms with Crippen LogP contribution in [-0.2, 0) is 10.0 Å². The summed E-state index contributed by atoms with van der Waals surface area (Å²) in [5.41, 5.74) is -0.691. The molecule has 0 amide bonds. The molecule has 0 bridgehead atoms. The van der Waals surface area contributed by atoms with E-state index in [4.69, 9.17) is 23.2 Å². The van der Waals surface area contributed by atoms with Crippen molar-refractivity contribution >= 4 is 60.5 Å². The lowest BCUT2D eigenvalue weighted by Gasteiger charge is -2.22. The topological polar surface area (TPSA) is 46.2 Å². The highest BCUT2D eigenvalue weighted by Gasteiger charge is 2.27. The predicted molar refractivity (Wildman–Crippen MR) is 72.1 cm³/mol. The molecule has 0 aliphatic carbocycles. The van der Waals surface area contributed by atoms with Gasteiger partial charge in [0.2, 0.25) is 0 Å². The summed E-state index contributed by atoms with van der Waals surface area (Å²) < 4.78 is 27.1. The second-order valence-corrected chi connectivity index (χ2v) is 8.76. The first kappa shape index (κ1) is 14.7. The molecule has 0 unspecified atom stereocenters. The molecule has 8 heteroatoms. The molecule has 1 N–H and O–H groups in total. The van der Waals surface area contributed by atoms with Crippen molar-refractivity contribution in [1.29, 1.82) is 0 Å². The minimum atomic E-state index is -3.56. The zero-order chi connectivity index (χ0) is 12.6. The Hall–Kier alpha value is 0.670. The summed E-state index contributed by atoms with van der Waals surface area (Å²) in [6, 6.07) is 1.41. The van der Waals surface area contributed by atoms with Crippen molar-refractivity contribution in [2.45, 2.75) is 23.6 Å². The van der Waals surface area contributed by atoms with E-state index in [1.165, 1.54) is 6.07 Å². The van der Waals surface area contributed by atoms with Gasteiger partial charge in [-0.2, -0.15) is 0 Å². The molecule has 0 aliphatic heterocycles. The molecule has 0 aromatic carbocycles. The van der Waals surface area contributed by atoms with Crippen molar-refractivity contribution in [1.82, 2.24) is 4.72 Å². The van der Waals surface area contributed by atoms with Crippen LogP contribution >= 0.6 is 50.5 Å². The first-order valence-corrected chi connectivity index (χ1v) is 8.23. The second kappa shape index (κ2) is 5.12. The van der Waals surface area contributed by atoms with Crippen molar-refractivity contribution in [2.75, 3.05) is 5.88 Å². The lowest BCUT2D eigenvalue weighted by Crippen LogP contribution is -2.44. The minimum Gasteiger partial charge on any atom is -0.206 e. The maximum atomic E-state index is 11.9. The number of sulfonamides is 1. The number of thiophene rings is 1. The molecule has 0 fully saturated rings. The van der Waals surface area contributed by atoms with Gasteiger partial charge in [-0.25, -0.2) is 13.1 Å². The van der Waals surface area contributed by atoms with Crippen molar-refractivity contribution in [3.8, 4) is 0 Å². The van der Waals surface area contributed by atoms with Gasteiger partial charge < -0.3 is 0 Å².